The number of hydrogen-bond acceptors (Lipinski definition) is 5. The summed E-state index contributed by atoms with van der Waals surface area (Å²) in [5, 5.41) is 3.03. The maximum atomic E-state index is 12.9. The van der Waals surface area contributed by atoms with Crippen LogP contribution in [0.1, 0.15) is 25.3 Å². The third-order valence-electron chi connectivity index (χ3n) is 5.85. The molecule has 168 valence electrons. The normalized spacial score (nSPS) is 17.6. The zero-order valence-corrected chi connectivity index (χ0v) is 19.1. The van der Waals surface area contributed by atoms with Crippen LogP contribution in [0.3, 0.4) is 0 Å². The van der Waals surface area contributed by atoms with E-state index in [9.17, 15) is 13.2 Å². The van der Waals surface area contributed by atoms with Crippen molar-refractivity contribution >= 4 is 15.9 Å². The summed E-state index contributed by atoms with van der Waals surface area (Å²) in [5.41, 5.74) is 1.19. The Morgan fingerprint density at radius 1 is 1.00 bits per heavy atom. The average molecular weight is 446 g/mol. The van der Waals surface area contributed by atoms with E-state index >= 15 is 0 Å². The molecule has 0 bridgehead atoms. The van der Waals surface area contributed by atoms with Gasteiger partial charge in [-0.3, -0.25) is 9.69 Å². The monoisotopic (exact) mass is 445 g/mol. The van der Waals surface area contributed by atoms with Gasteiger partial charge in [0.25, 0.3) is 0 Å². The van der Waals surface area contributed by atoms with Gasteiger partial charge >= 0.3 is 0 Å². The number of methoxy groups -OCH3 is 1. The molecule has 31 heavy (non-hydrogen) atoms. The van der Waals surface area contributed by atoms with Crippen molar-refractivity contribution in [3.8, 4) is 5.75 Å². The van der Waals surface area contributed by atoms with Crippen molar-refractivity contribution in [2.45, 2.75) is 30.7 Å². The number of nitrogens with zero attached hydrogens (tertiary/aromatic N) is 2. The van der Waals surface area contributed by atoms with Crippen molar-refractivity contribution in [3.05, 3.63) is 60.2 Å². The molecule has 8 heteroatoms. The van der Waals surface area contributed by atoms with Gasteiger partial charge in [0.05, 0.1) is 18.0 Å². The van der Waals surface area contributed by atoms with Gasteiger partial charge in [-0.15, -0.1) is 0 Å². The second kappa shape index (κ2) is 10.3. The third-order valence-corrected chi connectivity index (χ3v) is 7.76. The number of piperazine rings is 1. The summed E-state index contributed by atoms with van der Waals surface area (Å²) < 4.78 is 32.4. The third kappa shape index (κ3) is 5.64. The maximum Gasteiger partial charge on any atom is 0.243 e. The molecule has 0 unspecified atom stereocenters. The molecule has 1 heterocycles. The molecule has 0 saturated carbocycles. The van der Waals surface area contributed by atoms with E-state index in [1.54, 1.807) is 31.4 Å². The number of sulfonamides is 1. The van der Waals surface area contributed by atoms with Crippen LogP contribution in [0.4, 0.5) is 0 Å². The Morgan fingerprint density at radius 3 is 2.19 bits per heavy atom. The molecule has 1 fully saturated rings. The zero-order valence-electron chi connectivity index (χ0n) is 18.3. The largest absolute Gasteiger partial charge is 0.497 e. The fourth-order valence-corrected chi connectivity index (χ4v) is 5.12. The lowest BCUT2D eigenvalue weighted by Crippen LogP contribution is -2.55. The predicted octanol–water partition coefficient (Wildman–Crippen LogP) is 2.31. The van der Waals surface area contributed by atoms with Crippen molar-refractivity contribution in [2.24, 2.45) is 0 Å². The quantitative estimate of drug-likeness (QED) is 0.675. The van der Waals surface area contributed by atoms with Crippen molar-refractivity contribution in [2.75, 3.05) is 39.8 Å². The standard InChI is InChI=1S/C23H31N3O4S/c1-18(20-7-5-4-6-8-20)17-24-23(27)19(2)25-13-15-26(16-14-25)31(28,29)22-11-9-21(30-3)10-12-22/h4-12,18-19H,13-17H2,1-3H3,(H,24,27)/t18-,19+/m0/s1. The van der Waals surface area contributed by atoms with Gasteiger partial charge in [0.15, 0.2) is 0 Å². The molecule has 2 aromatic carbocycles. The number of carbonyl (C=O) groups is 1. The summed E-state index contributed by atoms with van der Waals surface area (Å²) in [7, 11) is -2.01. The fourth-order valence-electron chi connectivity index (χ4n) is 3.69. The van der Waals surface area contributed by atoms with Crippen LogP contribution < -0.4 is 10.1 Å². The first-order chi connectivity index (χ1) is 14.8. The minimum absolute atomic E-state index is 0.0331. The highest BCUT2D eigenvalue weighted by atomic mass is 32.2. The molecule has 1 saturated heterocycles. The van der Waals surface area contributed by atoms with Gasteiger partial charge in [0, 0.05) is 32.7 Å². The molecular weight excluding hydrogens is 414 g/mol. The predicted molar refractivity (Wildman–Crippen MR) is 121 cm³/mol. The van der Waals surface area contributed by atoms with Crippen molar-refractivity contribution < 1.29 is 17.9 Å². The van der Waals surface area contributed by atoms with Gasteiger partial charge in [0.1, 0.15) is 5.75 Å². The van der Waals surface area contributed by atoms with E-state index in [-0.39, 0.29) is 22.8 Å². The summed E-state index contributed by atoms with van der Waals surface area (Å²) in [6.45, 7) is 6.26. The summed E-state index contributed by atoms with van der Waals surface area (Å²) >= 11 is 0. The van der Waals surface area contributed by atoms with E-state index in [0.717, 1.165) is 0 Å². The highest BCUT2D eigenvalue weighted by Gasteiger charge is 2.31. The highest BCUT2D eigenvalue weighted by Crippen LogP contribution is 2.21. The Labute approximate surface area is 185 Å². The van der Waals surface area contributed by atoms with Gasteiger partial charge in [-0.2, -0.15) is 4.31 Å². The van der Waals surface area contributed by atoms with E-state index in [2.05, 4.69) is 24.4 Å². The lowest BCUT2D eigenvalue weighted by atomic mass is 10.0. The van der Waals surface area contributed by atoms with E-state index in [0.29, 0.717) is 38.5 Å². The maximum absolute atomic E-state index is 12.9. The Hall–Kier alpha value is -2.42. The molecule has 1 aliphatic rings. The molecule has 0 aliphatic carbocycles. The van der Waals surface area contributed by atoms with Crippen molar-refractivity contribution in [1.29, 1.82) is 0 Å². The molecule has 0 radical (unpaired) electrons. The van der Waals surface area contributed by atoms with Gasteiger partial charge in [-0.05, 0) is 42.7 Å². The van der Waals surface area contributed by atoms with Crippen LogP contribution in [0.25, 0.3) is 0 Å². The second-order valence-electron chi connectivity index (χ2n) is 7.85. The first-order valence-corrected chi connectivity index (χ1v) is 12.0. The first kappa shape index (κ1) is 23.2. The zero-order chi connectivity index (χ0) is 22.4. The summed E-state index contributed by atoms with van der Waals surface area (Å²) in [6.07, 6.45) is 0. The summed E-state index contributed by atoms with van der Waals surface area (Å²) in [5.74, 6) is 0.809. The number of nitrogens with one attached hydrogen (secondary N) is 1. The fraction of sp³-hybridized carbons (Fsp3) is 0.435. The Bertz CT molecular complexity index is 956. The summed E-state index contributed by atoms with van der Waals surface area (Å²) in [4.78, 5) is 14.9. The number of amides is 1. The molecule has 1 aliphatic heterocycles. The van der Waals surface area contributed by atoms with E-state index in [4.69, 9.17) is 4.74 Å². The van der Waals surface area contributed by atoms with E-state index in [1.165, 1.54) is 9.87 Å². The van der Waals surface area contributed by atoms with E-state index < -0.39 is 10.0 Å². The molecule has 0 spiro atoms. The Kier molecular flexibility index (Phi) is 7.69. The van der Waals surface area contributed by atoms with Crippen LogP contribution in [0.5, 0.6) is 5.75 Å². The smallest absolute Gasteiger partial charge is 0.243 e. The average Bonchev–Trinajstić information content (AvgIpc) is 2.82. The lowest BCUT2D eigenvalue weighted by Gasteiger charge is -2.36. The number of hydrogen-bond donors (Lipinski definition) is 1. The molecule has 3 rings (SSSR count). The van der Waals surface area contributed by atoms with Crippen molar-refractivity contribution in [3.63, 3.8) is 0 Å². The molecule has 2 aromatic rings. The number of ether oxygens (including phenoxy) is 1. The van der Waals surface area contributed by atoms with E-state index in [1.807, 2.05) is 30.0 Å². The molecular formula is C23H31N3O4S. The molecule has 2 atom stereocenters. The van der Waals surface area contributed by atoms with Crippen LogP contribution in [0.15, 0.2) is 59.5 Å². The summed E-state index contributed by atoms with van der Waals surface area (Å²) in [6, 6.07) is 16.2. The van der Waals surface area contributed by atoms with Gasteiger partial charge < -0.3 is 10.1 Å². The minimum atomic E-state index is -3.56. The van der Waals surface area contributed by atoms with Crippen LogP contribution >= 0.6 is 0 Å². The van der Waals surface area contributed by atoms with Gasteiger partial charge in [-0.1, -0.05) is 37.3 Å². The lowest BCUT2D eigenvalue weighted by molar-refractivity contribution is -0.126. The highest BCUT2D eigenvalue weighted by molar-refractivity contribution is 7.89. The number of carbonyl (C=O) groups excluding carboxylic acids is 1. The van der Waals surface area contributed by atoms with Crippen molar-refractivity contribution in [1.82, 2.24) is 14.5 Å². The molecule has 1 N–H and O–H groups in total. The van der Waals surface area contributed by atoms with Crippen LogP contribution in [0.2, 0.25) is 0 Å². The minimum Gasteiger partial charge on any atom is -0.497 e. The van der Waals surface area contributed by atoms with Crippen LogP contribution in [-0.4, -0.2) is 69.4 Å². The topological polar surface area (TPSA) is 79.0 Å². The molecule has 0 aromatic heterocycles. The number of rotatable bonds is 8. The number of benzene rings is 2. The Morgan fingerprint density at radius 2 is 1.61 bits per heavy atom. The van der Waals surface area contributed by atoms with Gasteiger partial charge in [-0.25, -0.2) is 8.42 Å². The molecule has 7 nitrogen and oxygen atoms in total. The van der Waals surface area contributed by atoms with Crippen LogP contribution in [-0.2, 0) is 14.8 Å². The Balaban J connectivity index is 1.51. The second-order valence-corrected chi connectivity index (χ2v) is 9.79. The van der Waals surface area contributed by atoms with Crippen LogP contribution in [0, 0.1) is 0 Å². The first-order valence-electron chi connectivity index (χ1n) is 10.5. The van der Waals surface area contributed by atoms with Gasteiger partial charge in [0.2, 0.25) is 15.9 Å². The SMILES string of the molecule is COc1ccc(S(=O)(=O)N2CCN([C@H](C)C(=O)NC[C@H](C)c3ccccc3)CC2)cc1. The molecule has 1 amide bonds.